The number of nitrogens with two attached hydrogens (primary N) is 1. The summed E-state index contributed by atoms with van der Waals surface area (Å²) in [5.41, 5.74) is 6.07. The second-order valence-electron chi connectivity index (χ2n) is 31.2. The quantitative estimate of drug-likeness (QED) is 0.0306. The molecule has 0 aromatic rings. The summed E-state index contributed by atoms with van der Waals surface area (Å²) in [6, 6.07) is -1.09. The third kappa shape index (κ3) is 20.0. The van der Waals surface area contributed by atoms with Crippen molar-refractivity contribution in [2.24, 2.45) is 29.4 Å². The van der Waals surface area contributed by atoms with Crippen LogP contribution in [-0.2, 0) is 94.8 Å². The van der Waals surface area contributed by atoms with Gasteiger partial charge in [-0.2, -0.15) is 0 Å². The van der Waals surface area contributed by atoms with E-state index in [1.165, 1.54) is 20.8 Å². The van der Waals surface area contributed by atoms with Crippen LogP contribution in [0.1, 0.15) is 47.5 Å². The van der Waals surface area contributed by atoms with Crippen LogP contribution >= 0.6 is 0 Å². The Morgan fingerprint density at radius 2 is 0.681 bits per heavy atom. The lowest BCUT2D eigenvalue weighted by molar-refractivity contribution is -0.402. The first-order chi connectivity index (χ1) is 54.9. The number of carboxylic acid groups (broad SMARTS) is 1. The van der Waals surface area contributed by atoms with Gasteiger partial charge < -0.3 is 234 Å². The summed E-state index contributed by atoms with van der Waals surface area (Å²) in [5, 5.41) is 298. The zero-order valence-corrected chi connectivity index (χ0v) is 63.6. The number of rotatable bonds is 31. The van der Waals surface area contributed by atoms with E-state index in [0.717, 1.165) is 0 Å². The molecule has 0 saturated carbocycles. The monoisotopic (exact) mass is 1700 g/mol. The van der Waals surface area contributed by atoms with Crippen LogP contribution in [-0.4, -0.2) is 492 Å². The lowest BCUT2D eigenvalue weighted by Crippen LogP contribution is -2.68. The van der Waals surface area contributed by atoms with Gasteiger partial charge in [-0.05, 0) is 13.3 Å². The Hall–Kier alpha value is -2.37. The molecule has 10 heterocycles. The Bertz CT molecular complexity index is 2980. The Balaban J connectivity index is 0.897. The SMILES string of the molecule is CC1C(O)[C@H](O[C@@H]2OC(CO)[C@H](O)C(O)[C@@H]2O)[C@H](CO)O[C@H]1O[C@@H]1C(O)[C@H](O)C(CO)O[C@@H]1OCC1O[C@@H](O[C@@H]2C(CO)O[C@@H](O[C@@H]3C(CO)O[C@@H](C)[C@@H](C)C3O)[C@@H](C)C2O)[C@H](O)C(O[C@H]2O[C@H](CO)[C@@H](O)C(O)C2O[C@@H]2OC(CO)[C@@H](O[C@@H]3OC(CO[C@]4(C(=O)O)CC[C@@H](N)C([C@H](O)C(O)CO)O4)[C@H](O)C(O)[C@@H]3O)C(O)[C@@H]2C)[C@@H]1O. The van der Waals surface area contributed by atoms with Crippen LogP contribution in [0.25, 0.3) is 0 Å². The third-order valence-corrected chi connectivity index (χ3v) is 23.6. The van der Waals surface area contributed by atoms with Crippen molar-refractivity contribution >= 4 is 5.97 Å². The molecule has 0 radical (unpaired) electrons. The van der Waals surface area contributed by atoms with E-state index in [9.17, 15) is 143 Å². The van der Waals surface area contributed by atoms with Crippen LogP contribution < -0.4 is 5.73 Å². The van der Waals surface area contributed by atoms with Gasteiger partial charge in [0.2, 0.25) is 0 Å². The molecule has 29 N–H and O–H groups in total. The highest BCUT2D eigenvalue weighted by Crippen LogP contribution is 2.43. The van der Waals surface area contributed by atoms with E-state index in [2.05, 4.69) is 0 Å². The van der Waals surface area contributed by atoms with Crippen LogP contribution in [0.5, 0.6) is 0 Å². The van der Waals surface area contributed by atoms with Crippen LogP contribution in [0, 0.1) is 23.7 Å². The highest BCUT2D eigenvalue weighted by Gasteiger charge is 2.61. The van der Waals surface area contributed by atoms with Crippen molar-refractivity contribution in [1.29, 1.82) is 0 Å². The number of aliphatic carboxylic acids is 1. The standard InChI is InChI=1S/C68H117NO47/c1-18-22(5)100-28(12-74)52(34(18)79)109-59-19(2)35(80)55(31(15-77)104-59)112-64-50(95)56(43(88)32(107-64)16-98-65-57(46(91)40(85)26(10-72)102-65)114-60-20(3)36(81)53(29(13-75)105-60)110-62-48(93)44(89)39(84)25(9-71)101-62)113-66-58(47(92)41(86)27(11-73)103-66)115-61-21(4)37(82)54(30(14-76)106-61)111-63-49(94)45(90)42(87)33(108-63)17-99-68(67(96)97)7-6-23(69)51(116-68)38(83)24(78)8-70/h18-66,70-95H,6-17,69H2,1-5H3,(H,96,97)/t18-,19+,20?,21+,22+,23-,24?,25?,26?,27-,28?,29+,30?,31?,32?,33?,34?,35?,36?,37?,38-,39+,40-,41-,42+,43-,44?,45?,46?,47?,48+,49+,50-,51?,52-,53-,54-,55-,56?,57-,58?,59+,60+,61+,62+,63+,64+,65+,66-,68-/m1/s1. The van der Waals surface area contributed by atoms with Gasteiger partial charge in [0.05, 0.1) is 96.6 Å². The Morgan fingerprint density at radius 1 is 0.353 bits per heavy atom. The van der Waals surface area contributed by atoms with Gasteiger partial charge >= 0.3 is 5.97 Å². The normalized spacial score (nSPS) is 51.8. The molecule has 48 nitrogen and oxygen atoms in total. The van der Waals surface area contributed by atoms with Crippen molar-refractivity contribution in [3.8, 4) is 0 Å². The minimum Gasteiger partial charge on any atom is -0.477 e. The highest BCUT2D eigenvalue weighted by atomic mass is 16.8. The zero-order chi connectivity index (χ0) is 85.3. The fourth-order valence-corrected chi connectivity index (χ4v) is 15.8. The lowest BCUT2D eigenvalue weighted by atomic mass is 9.88. The summed E-state index contributed by atoms with van der Waals surface area (Å²) in [7, 11) is 0. The third-order valence-electron chi connectivity index (χ3n) is 23.6. The van der Waals surface area contributed by atoms with E-state index >= 15 is 0 Å². The molecule has 10 fully saturated rings. The van der Waals surface area contributed by atoms with Crippen LogP contribution in [0.4, 0.5) is 0 Å². The zero-order valence-electron chi connectivity index (χ0n) is 63.6. The van der Waals surface area contributed by atoms with E-state index in [1.54, 1.807) is 13.8 Å². The molecule has 116 heavy (non-hydrogen) atoms. The second-order valence-corrected chi connectivity index (χ2v) is 31.2. The van der Waals surface area contributed by atoms with Crippen molar-refractivity contribution in [2.75, 3.05) is 66.1 Å². The first kappa shape index (κ1) is 95.9. The molecule has 0 spiro atoms. The largest absolute Gasteiger partial charge is 0.477 e. The molecule has 10 rings (SSSR count). The predicted octanol–water partition coefficient (Wildman–Crippen LogP) is -16.4. The number of hydrogen-bond donors (Lipinski definition) is 28. The molecule has 10 aliphatic rings. The number of aliphatic hydroxyl groups excluding tert-OH is 26. The van der Waals surface area contributed by atoms with Gasteiger partial charge in [-0.25, -0.2) is 4.79 Å². The van der Waals surface area contributed by atoms with Gasteiger partial charge in [-0.3, -0.25) is 0 Å². The molecule has 48 heteroatoms. The maximum absolute atomic E-state index is 12.8. The minimum absolute atomic E-state index is 0.203. The van der Waals surface area contributed by atoms with Gasteiger partial charge in [-0.1, -0.05) is 27.7 Å². The molecule has 0 aromatic heterocycles. The summed E-state index contributed by atoms with van der Waals surface area (Å²) >= 11 is 0. The van der Waals surface area contributed by atoms with Gasteiger partial charge in [0, 0.05) is 36.1 Å². The van der Waals surface area contributed by atoms with Crippen molar-refractivity contribution in [3.63, 3.8) is 0 Å². The van der Waals surface area contributed by atoms with Gasteiger partial charge in [0.15, 0.2) is 50.3 Å². The maximum atomic E-state index is 12.8. The van der Waals surface area contributed by atoms with Crippen LogP contribution in [0.2, 0.25) is 0 Å². The van der Waals surface area contributed by atoms with Crippen molar-refractivity contribution in [2.45, 2.75) is 329 Å². The average Bonchev–Trinajstić information content (AvgIpc) is 0.772. The Morgan fingerprint density at radius 3 is 1.10 bits per heavy atom. The topological polar surface area (TPSA) is 765 Å². The number of aliphatic hydroxyl groups is 26. The molecule has 676 valence electrons. The van der Waals surface area contributed by atoms with Gasteiger partial charge in [-0.15, -0.1) is 0 Å². The summed E-state index contributed by atoms with van der Waals surface area (Å²) in [6.45, 7) is -2.38. The molecule has 0 aliphatic carbocycles. The molecule has 0 aromatic carbocycles. The highest BCUT2D eigenvalue weighted by molar-refractivity contribution is 5.76. The van der Waals surface area contributed by atoms with E-state index in [1.807, 2.05) is 0 Å². The van der Waals surface area contributed by atoms with Gasteiger partial charge in [0.1, 0.15) is 189 Å². The average molecular weight is 1700 g/mol. The Labute approximate surface area is 661 Å². The Kier molecular flexibility index (Phi) is 34.0. The number of ether oxygens (including phenoxy) is 19. The smallest absolute Gasteiger partial charge is 0.364 e. The van der Waals surface area contributed by atoms with Crippen molar-refractivity contribution < 1.29 is 233 Å². The molecular formula is C68H117NO47. The predicted molar refractivity (Wildman–Crippen MR) is 364 cm³/mol. The van der Waals surface area contributed by atoms with E-state index in [-0.39, 0.29) is 6.42 Å². The van der Waals surface area contributed by atoms with Crippen LogP contribution in [0.15, 0.2) is 0 Å². The van der Waals surface area contributed by atoms with Crippen molar-refractivity contribution in [3.05, 3.63) is 0 Å². The lowest BCUT2D eigenvalue weighted by Gasteiger charge is -2.51. The molecule has 50 atom stereocenters. The number of carbonyl (C=O) groups is 1. The molecular weight excluding hydrogens is 1580 g/mol. The fraction of sp³-hybridized carbons (Fsp3) is 0.985. The number of carboxylic acids is 1. The molecule has 0 bridgehead atoms. The van der Waals surface area contributed by atoms with E-state index in [4.69, 9.17) is 95.7 Å². The summed E-state index contributed by atoms with van der Waals surface area (Å²) in [4.78, 5) is 12.8. The number of hydrogen-bond acceptors (Lipinski definition) is 47. The van der Waals surface area contributed by atoms with Crippen molar-refractivity contribution in [1.82, 2.24) is 0 Å². The van der Waals surface area contributed by atoms with E-state index in [0.29, 0.717) is 0 Å². The summed E-state index contributed by atoms with van der Waals surface area (Å²) in [6.07, 6.45) is -82.3. The molecule has 10 saturated heterocycles. The molecule has 20 unspecified atom stereocenters. The molecule has 0 amide bonds. The van der Waals surface area contributed by atoms with E-state index < -0.39 is 384 Å². The summed E-state index contributed by atoms with van der Waals surface area (Å²) in [5.74, 6) is -8.96. The van der Waals surface area contributed by atoms with Gasteiger partial charge in [0.25, 0.3) is 5.79 Å². The summed E-state index contributed by atoms with van der Waals surface area (Å²) < 4.78 is 114. The first-order valence-corrected chi connectivity index (χ1v) is 38.4. The minimum atomic E-state index is -2.67. The fourth-order valence-electron chi connectivity index (χ4n) is 15.8. The maximum Gasteiger partial charge on any atom is 0.364 e. The second kappa shape index (κ2) is 41.2. The molecule has 10 aliphatic heterocycles. The first-order valence-electron chi connectivity index (χ1n) is 38.4. The van der Waals surface area contributed by atoms with Crippen LogP contribution in [0.3, 0.4) is 0 Å².